The van der Waals surface area contributed by atoms with E-state index < -0.39 is 32.0 Å². The van der Waals surface area contributed by atoms with Gasteiger partial charge in [-0.25, -0.2) is 0 Å². The van der Waals surface area contributed by atoms with Gasteiger partial charge >= 0.3 is 0 Å². The first-order valence-electron chi connectivity index (χ1n) is 9.10. The zero-order valence-electron chi connectivity index (χ0n) is 17.0. The lowest BCUT2D eigenvalue weighted by atomic mass is 10.2. The Labute approximate surface area is 191 Å². The second-order valence-corrected chi connectivity index (χ2v) is 8.73. The summed E-state index contributed by atoms with van der Waals surface area (Å²) in [6.45, 7) is 1.90. The molecule has 0 bridgehead atoms. The molecule has 0 aliphatic carbocycles. The van der Waals surface area contributed by atoms with E-state index in [0.717, 1.165) is 11.6 Å². The first kappa shape index (κ1) is 23.9. The molecule has 0 saturated heterocycles. The molecule has 6 N–H and O–H groups in total. The topological polar surface area (TPSA) is 208 Å². The van der Waals surface area contributed by atoms with Crippen LogP contribution < -0.4 is 16.2 Å². The highest BCUT2D eigenvalue weighted by atomic mass is 32.2. The zero-order chi connectivity index (χ0) is 24.2. The molecule has 3 rings (SSSR count). The average Bonchev–Trinajstić information content (AvgIpc) is 2.74. The van der Waals surface area contributed by atoms with Crippen LogP contribution in [-0.4, -0.2) is 21.7 Å². The fraction of sp³-hybridized carbons (Fsp3) is 0.0526. The Morgan fingerprint density at radius 3 is 2.00 bits per heavy atom. The van der Waals surface area contributed by atoms with Crippen molar-refractivity contribution in [3.8, 4) is 0 Å². The van der Waals surface area contributed by atoms with Gasteiger partial charge in [-0.1, -0.05) is 17.7 Å². The van der Waals surface area contributed by atoms with E-state index in [1.54, 1.807) is 12.1 Å². The molecule has 3 aromatic carbocycles. The lowest BCUT2D eigenvalue weighted by Gasteiger charge is -2.10. The molecule has 0 aliphatic rings. The molecule has 0 fully saturated rings. The Hall–Kier alpha value is -3.72. The van der Waals surface area contributed by atoms with Crippen molar-refractivity contribution in [2.75, 3.05) is 16.2 Å². The Bertz CT molecular complexity index is 1360. The van der Waals surface area contributed by atoms with Crippen LogP contribution in [-0.2, 0) is 21.4 Å². The van der Waals surface area contributed by atoms with Gasteiger partial charge in [-0.3, -0.25) is 8.76 Å². The number of rotatable bonds is 7. The maximum atomic E-state index is 11.8. The fourth-order valence-corrected chi connectivity index (χ4v) is 3.55. The van der Waals surface area contributed by atoms with Crippen molar-refractivity contribution in [2.45, 2.75) is 11.8 Å². The van der Waals surface area contributed by atoms with Crippen molar-refractivity contribution in [3.63, 3.8) is 0 Å². The Morgan fingerprint density at radius 1 is 0.909 bits per heavy atom. The average molecular weight is 489 g/mol. The van der Waals surface area contributed by atoms with Gasteiger partial charge < -0.3 is 20.7 Å². The normalized spacial score (nSPS) is 12.9. The van der Waals surface area contributed by atoms with E-state index in [4.69, 9.17) is 11.5 Å². The van der Waals surface area contributed by atoms with E-state index >= 15 is 0 Å². The van der Waals surface area contributed by atoms with E-state index in [1.807, 2.05) is 19.1 Å². The summed E-state index contributed by atoms with van der Waals surface area (Å²) in [5, 5.41) is 15.9. The first-order valence-corrected chi connectivity index (χ1v) is 11.6. The van der Waals surface area contributed by atoms with Crippen LogP contribution in [0.1, 0.15) is 5.56 Å². The monoisotopic (exact) mass is 488 g/mol. The second-order valence-electron chi connectivity index (χ2n) is 6.66. The number of benzene rings is 3. The van der Waals surface area contributed by atoms with Crippen molar-refractivity contribution in [1.29, 1.82) is 0 Å². The predicted octanol–water partition coefficient (Wildman–Crippen LogP) is 4.44. The summed E-state index contributed by atoms with van der Waals surface area (Å²) in [6, 6.07) is 13.8. The van der Waals surface area contributed by atoms with Gasteiger partial charge in [0.15, 0.2) is 0 Å². The number of aryl methyl sites for hydroxylation is 1. The van der Waals surface area contributed by atoms with Gasteiger partial charge in [0.25, 0.3) is 10.1 Å². The van der Waals surface area contributed by atoms with Gasteiger partial charge in [-0.2, -0.15) is 18.6 Å². The van der Waals surface area contributed by atoms with Crippen LogP contribution in [0, 0.1) is 6.92 Å². The van der Waals surface area contributed by atoms with Gasteiger partial charge in [-0.05, 0) is 49.4 Å². The molecule has 0 spiro atoms. The SMILES string of the molecule is Cc1ccc(N=Nc2c(N)c(N=Nc3ccc(NS(=O)[O-])cc3)cc(S(=O)(=O)O)c2N)cc1. The number of nitrogens with one attached hydrogen (secondary N) is 1. The van der Waals surface area contributed by atoms with Crippen LogP contribution >= 0.6 is 0 Å². The summed E-state index contributed by atoms with van der Waals surface area (Å²) in [5.74, 6) is 0. The van der Waals surface area contributed by atoms with Crippen LogP contribution in [0.5, 0.6) is 0 Å². The summed E-state index contributed by atoms with van der Waals surface area (Å²) in [5.41, 5.74) is 13.2. The Balaban J connectivity index is 2.02. The molecule has 0 saturated carbocycles. The second kappa shape index (κ2) is 9.83. The van der Waals surface area contributed by atoms with Crippen molar-refractivity contribution in [1.82, 2.24) is 0 Å². The van der Waals surface area contributed by atoms with Crippen LogP contribution in [0.3, 0.4) is 0 Å². The van der Waals surface area contributed by atoms with Crippen molar-refractivity contribution >= 4 is 61.2 Å². The van der Waals surface area contributed by atoms with Crippen LogP contribution in [0.15, 0.2) is 79.9 Å². The number of hydrogen-bond donors (Lipinski definition) is 4. The van der Waals surface area contributed by atoms with Crippen molar-refractivity contribution in [2.24, 2.45) is 20.5 Å². The molecule has 14 heteroatoms. The molecule has 0 amide bonds. The molecule has 0 aromatic heterocycles. The fourth-order valence-electron chi connectivity index (χ4n) is 2.59. The molecule has 0 radical (unpaired) electrons. The third-order valence-electron chi connectivity index (χ3n) is 4.24. The third kappa shape index (κ3) is 6.17. The quantitative estimate of drug-likeness (QED) is 0.162. The molecular formula is C19H18N7O5S2-. The molecule has 3 aromatic rings. The van der Waals surface area contributed by atoms with Gasteiger partial charge in [-0.15, -0.1) is 10.2 Å². The van der Waals surface area contributed by atoms with E-state index in [1.165, 1.54) is 24.3 Å². The van der Waals surface area contributed by atoms with Gasteiger partial charge in [0.2, 0.25) is 0 Å². The molecule has 1 atom stereocenters. The van der Waals surface area contributed by atoms with Gasteiger partial charge in [0.1, 0.15) is 16.3 Å². The highest BCUT2D eigenvalue weighted by molar-refractivity contribution is 7.86. The molecule has 0 heterocycles. The van der Waals surface area contributed by atoms with E-state index in [-0.39, 0.29) is 17.1 Å². The zero-order valence-corrected chi connectivity index (χ0v) is 18.7. The van der Waals surface area contributed by atoms with Crippen LogP contribution in [0.4, 0.5) is 39.8 Å². The number of nitrogens with zero attached hydrogens (tertiary/aromatic N) is 4. The number of anilines is 3. The predicted molar refractivity (Wildman–Crippen MR) is 124 cm³/mol. The Kier molecular flexibility index (Phi) is 7.13. The van der Waals surface area contributed by atoms with Gasteiger partial charge in [0, 0.05) is 17.0 Å². The number of nitrogen functional groups attached to an aromatic ring is 2. The maximum Gasteiger partial charge on any atom is 0.296 e. The third-order valence-corrected chi connectivity index (χ3v) is 5.53. The largest absolute Gasteiger partial charge is 0.755 e. The highest BCUT2D eigenvalue weighted by Crippen LogP contribution is 2.43. The number of azo groups is 2. The van der Waals surface area contributed by atoms with E-state index in [0.29, 0.717) is 17.1 Å². The van der Waals surface area contributed by atoms with Crippen LogP contribution in [0.25, 0.3) is 0 Å². The van der Waals surface area contributed by atoms with Crippen molar-refractivity contribution in [3.05, 3.63) is 60.2 Å². The van der Waals surface area contributed by atoms with Gasteiger partial charge in [0.05, 0.1) is 22.7 Å². The highest BCUT2D eigenvalue weighted by Gasteiger charge is 2.22. The smallest absolute Gasteiger partial charge is 0.296 e. The Morgan fingerprint density at radius 2 is 1.45 bits per heavy atom. The maximum absolute atomic E-state index is 11.8. The lowest BCUT2D eigenvalue weighted by Crippen LogP contribution is -2.05. The minimum absolute atomic E-state index is 0.112. The molecule has 0 aliphatic heterocycles. The lowest BCUT2D eigenvalue weighted by molar-refractivity contribution is 0.483. The van der Waals surface area contributed by atoms with E-state index in [9.17, 15) is 21.7 Å². The minimum atomic E-state index is -4.73. The van der Waals surface area contributed by atoms with E-state index in [2.05, 4.69) is 25.2 Å². The summed E-state index contributed by atoms with van der Waals surface area (Å²) in [7, 11) is -4.73. The standard InChI is InChI=1S/C19H19N7O5S2/c1-11-2-4-12(5-3-11)23-25-19-17(20)15(10-16(18(19)21)33(29,30)31)24-22-13-6-8-14(9-7-13)26-32(27)28/h2-10,26H,20-21H2,1H3,(H,27,28)(H,29,30,31)/p-1. The minimum Gasteiger partial charge on any atom is -0.755 e. The summed E-state index contributed by atoms with van der Waals surface area (Å²) in [6.07, 6.45) is 0. The molecule has 12 nitrogen and oxygen atoms in total. The summed E-state index contributed by atoms with van der Waals surface area (Å²) in [4.78, 5) is -0.652. The molecule has 33 heavy (non-hydrogen) atoms. The van der Waals surface area contributed by atoms with Crippen LogP contribution in [0.2, 0.25) is 0 Å². The molecule has 1 unspecified atom stereocenters. The molecular weight excluding hydrogens is 470 g/mol. The van der Waals surface area contributed by atoms with Crippen molar-refractivity contribution < 1.29 is 21.7 Å². The first-order chi connectivity index (χ1) is 15.5. The number of nitrogens with two attached hydrogens (primary N) is 2. The summed E-state index contributed by atoms with van der Waals surface area (Å²) < 4.78 is 56.7. The summed E-state index contributed by atoms with van der Waals surface area (Å²) >= 11 is -2.48. The number of hydrogen-bond acceptors (Lipinski definition) is 10. The molecule has 172 valence electrons.